The Balaban J connectivity index is 3.34. The number of phenols is 1. The molecule has 0 aliphatic heterocycles. The van der Waals surface area contributed by atoms with Crippen molar-refractivity contribution in [2.45, 2.75) is 0 Å². The second kappa shape index (κ2) is 3.13. The number of benzene rings is 1. The fourth-order valence-electron chi connectivity index (χ4n) is 0.778. The summed E-state index contributed by atoms with van der Waals surface area (Å²) in [5.74, 6) is -1.21. The molecule has 0 fully saturated rings. The van der Waals surface area contributed by atoms with E-state index in [1.54, 1.807) is 0 Å². The van der Waals surface area contributed by atoms with Gasteiger partial charge in [0.15, 0.2) is 12.6 Å². The van der Waals surface area contributed by atoms with E-state index < -0.39 is 11.6 Å². The summed E-state index contributed by atoms with van der Waals surface area (Å²) in [6.07, 6.45) is 0.580. The maximum Gasteiger partial charge on any atom is 0.153 e. The molecule has 1 aromatic rings. The van der Waals surface area contributed by atoms with Gasteiger partial charge >= 0.3 is 0 Å². The van der Waals surface area contributed by atoms with E-state index in [0.29, 0.717) is 6.29 Å². The molecule has 0 atom stereocenters. The van der Waals surface area contributed by atoms with Crippen molar-refractivity contribution in [2.75, 3.05) is 0 Å². The third kappa shape index (κ3) is 1.32. The van der Waals surface area contributed by atoms with Crippen LogP contribution in [-0.4, -0.2) is 17.7 Å². The van der Waals surface area contributed by atoms with E-state index >= 15 is 0 Å². The highest BCUT2D eigenvalue weighted by Gasteiger charge is 2.07. The molecule has 62 valence electrons. The number of rotatable bonds is 2. The van der Waals surface area contributed by atoms with Crippen LogP contribution in [0.4, 0.5) is 4.39 Å². The SMILES string of the molecule is O=Cc1cc(F)c(C=O)cc1O. The minimum atomic E-state index is -0.815. The monoisotopic (exact) mass is 168 g/mol. The van der Waals surface area contributed by atoms with Gasteiger partial charge in [-0.25, -0.2) is 4.39 Å². The summed E-state index contributed by atoms with van der Waals surface area (Å²) in [6, 6.07) is 1.72. The Morgan fingerprint density at radius 2 is 1.75 bits per heavy atom. The van der Waals surface area contributed by atoms with Crippen LogP contribution in [0.5, 0.6) is 5.75 Å². The maximum atomic E-state index is 12.7. The number of halogens is 1. The molecule has 4 heteroatoms. The predicted molar refractivity (Wildman–Crippen MR) is 38.8 cm³/mol. The first-order valence-electron chi connectivity index (χ1n) is 3.12. The first-order valence-corrected chi connectivity index (χ1v) is 3.12. The molecule has 0 saturated heterocycles. The summed E-state index contributed by atoms with van der Waals surface area (Å²) in [5, 5.41) is 8.99. The van der Waals surface area contributed by atoms with Crippen LogP contribution in [0.3, 0.4) is 0 Å². The van der Waals surface area contributed by atoms with E-state index in [0.717, 1.165) is 12.1 Å². The molecule has 0 spiro atoms. The van der Waals surface area contributed by atoms with Gasteiger partial charge in [0.05, 0.1) is 11.1 Å². The fourth-order valence-corrected chi connectivity index (χ4v) is 0.778. The Labute approximate surface area is 67.4 Å². The molecular weight excluding hydrogens is 163 g/mol. The van der Waals surface area contributed by atoms with E-state index in [-0.39, 0.29) is 17.4 Å². The van der Waals surface area contributed by atoms with E-state index in [1.807, 2.05) is 0 Å². The van der Waals surface area contributed by atoms with E-state index in [2.05, 4.69) is 0 Å². The molecule has 0 saturated carbocycles. The number of carbonyl (C=O) groups excluding carboxylic acids is 2. The summed E-state index contributed by atoms with van der Waals surface area (Å²) in [7, 11) is 0. The Hall–Kier alpha value is -1.71. The van der Waals surface area contributed by atoms with Crippen molar-refractivity contribution in [3.05, 3.63) is 29.1 Å². The van der Waals surface area contributed by atoms with Gasteiger partial charge in [0.2, 0.25) is 0 Å². The van der Waals surface area contributed by atoms with Gasteiger partial charge in [-0.2, -0.15) is 0 Å². The third-order valence-corrected chi connectivity index (χ3v) is 1.40. The second-order valence-electron chi connectivity index (χ2n) is 2.17. The second-order valence-corrected chi connectivity index (χ2v) is 2.17. The van der Waals surface area contributed by atoms with E-state index in [1.165, 1.54) is 0 Å². The Morgan fingerprint density at radius 3 is 2.25 bits per heavy atom. The maximum absolute atomic E-state index is 12.7. The van der Waals surface area contributed by atoms with Crippen LogP contribution in [0.1, 0.15) is 20.7 Å². The summed E-state index contributed by atoms with van der Waals surface area (Å²) in [4.78, 5) is 20.3. The number of aldehydes is 2. The molecule has 0 unspecified atom stereocenters. The van der Waals surface area contributed by atoms with Crippen LogP contribution in [-0.2, 0) is 0 Å². The Kier molecular flexibility index (Phi) is 2.19. The predicted octanol–water partition coefficient (Wildman–Crippen LogP) is 1.16. The van der Waals surface area contributed by atoms with Crippen LogP contribution in [0.2, 0.25) is 0 Å². The van der Waals surface area contributed by atoms with Gasteiger partial charge in [-0.1, -0.05) is 0 Å². The average molecular weight is 168 g/mol. The Bertz CT molecular complexity index is 300. The van der Waals surface area contributed by atoms with Gasteiger partial charge in [-0.3, -0.25) is 9.59 Å². The zero-order valence-corrected chi connectivity index (χ0v) is 5.95. The largest absolute Gasteiger partial charge is 0.507 e. The van der Waals surface area contributed by atoms with Crippen molar-refractivity contribution >= 4 is 12.6 Å². The minimum Gasteiger partial charge on any atom is -0.507 e. The average Bonchev–Trinajstić information content (AvgIpc) is 2.08. The molecule has 0 heterocycles. The van der Waals surface area contributed by atoms with Gasteiger partial charge in [0.25, 0.3) is 0 Å². The summed E-state index contributed by atoms with van der Waals surface area (Å²) >= 11 is 0. The molecule has 0 amide bonds. The van der Waals surface area contributed by atoms with Gasteiger partial charge in [-0.15, -0.1) is 0 Å². The van der Waals surface area contributed by atoms with Crippen LogP contribution < -0.4 is 0 Å². The molecule has 0 aliphatic rings. The number of hydrogen-bond donors (Lipinski definition) is 1. The highest BCUT2D eigenvalue weighted by atomic mass is 19.1. The molecule has 0 aliphatic carbocycles. The number of hydrogen-bond acceptors (Lipinski definition) is 3. The lowest BCUT2D eigenvalue weighted by atomic mass is 10.1. The minimum absolute atomic E-state index is 0.168. The van der Waals surface area contributed by atoms with Gasteiger partial charge in [-0.05, 0) is 12.1 Å². The molecule has 0 bridgehead atoms. The van der Waals surface area contributed by atoms with E-state index in [4.69, 9.17) is 5.11 Å². The van der Waals surface area contributed by atoms with Gasteiger partial charge in [0, 0.05) is 0 Å². The van der Waals surface area contributed by atoms with Crippen molar-refractivity contribution in [1.29, 1.82) is 0 Å². The molecule has 1 rings (SSSR count). The number of aromatic hydroxyl groups is 1. The standard InChI is InChI=1S/C8H5FO3/c9-7-1-6(4-11)8(12)2-5(7)3-10/h1-4,12H. The quantitative estimate of drug-likeness (QED) is 0.674. The zero-order chi connectivity index (χ0) is 9.14. The van der Waals surface area contributed by atoms with Gasteiger partial charge in [0.1, 0.15) is 11.6 Å². The third-order valence-electron chi connectivity index (χ3n) is 1.40. The highest BCUT2D eigenvalue weighted by Crippen LogP contribution is 2.18. The fraction of sp³-hybridized carbons (Fsp3) is 0. The van der Waals surface area contributed by atoms with Crippen molar-refractivity contribution < 1.29 is 19.1 Å². The lowest BCUT2D eigenvalue weighted by Crippen LogP contribution is -1.91. The molecule has 1 aromatic carbocycles. The smallest absolute Gasteiger partial charge is 0.153 e. The van der Waals surface area contributed by atoms with Crippen molar-refractivity contribution in [3.63, 3.8) is 0 Å². The topological polar surface area (TPSA) is 54.4 Å². The molecule has 12 heavy (non-hydrogen) atoms. The van der Waals surface area contributed by atoms with E-state index in [9.17, 15) is 14.0 Å². The molecule has 0 aromatic heterocycles. The van der Waals surface area contributed by atoms with Crippen LogP contribution in [0.15, 0.2) is 12.1 Å². The van der Waals surface area contributed by atoms with Crippen LogP contribution in [0.25, 0.3) is 0 Å². The van der Waals surface area contributed by atoms with Crippen LogP contribution in [0, 0.1) is 5.82 Å². The van der Waals surface area contributed by atoms with Crippen molar-refractivity contribution in [1.82, 2.24) is 0 Å². The molecule has 0 radical (unpaired) electrons. The lowest BCUT2D eigenvalue weighted by Gasteiger charge is -1.98. The summed E-state index contributed by atoms with van der Waals surface area (Å²) in [6.45, 7) is 0. The normalized spacial score (nSPS) is 9.42. The molecule has 3 nitrogen and oxygen atoms in total. The molecule has 1 N–H and O–H groups in total. The molecular formula is C8H5FO3. The lowest BCUT2D eigenvalue weighted by molar-refractivity contribution is 0.110. The van der Waals surface area contributed by atoms with Crippen LogP contribution >= 0.6 is 0 Å². The zero-order valence-electron chi connectivity index (χ0n) is 5.95. The summed E-state index contributed by atoms with van der Waals surface area (Å²) < 4.78 is 12.7. The summed E-state index contributed by atoms with van der Waals surface area (Å²) in [5.41, 5.74) is -0.434. The van der Waals surface area contributed by atoms with Gasteiger partial charge < -0.3 is 5.11 Å². The number of carbonyl (C=O) groups is 2. The highest BCUT2D eigenvalue weighted by molar-refractivity contribution is 5.83. The first-order chi connectivity index (χ1) is 5.69. The van der Waals surface area contributed by atoms with Crippen molar-refractivity contribution in [2.24, 2.45) is 0 Å². The van der Waals surface area contributed by atoms with Crippen molar-refractivity contribution in [3.8, 4) is 5.75 Å². The first kappa shape index (κ1) is 8.39. The number of phenolic OH excluding ortho intramolecular Hbond substituents is 1. The Morgan fingerprint density at radius 1 is 1.17 bits per heavy atom.